The van der Waals surface area contributed by atoms with Gasteiger partial charge in [-0.2, -0.15) is 0 Å². The second-order valence-electron chi connectivity index (χ2n) is 5.37. The van der Waals surface area contributed by atoms with Crippen LogP contribution in [0.4, 0.5) is 0 Å². The predicted octanol–water partition coefficient (Wildman–Crippen LogP) is 4.01. The zero-order valence-corrected chi connectivity index (χ0v) is 13.6. The Hall–Kier alpha value is -1.95. The summed E-state index contributed by atoms with van der Waals surface area (Å²) in [6.07, 6.45) is 5.06. The third-order valence-electron chi connectivity index (χ3n) is 3.70. The minimum atomic E-state index is 0.215. The van der Waals surface area contributed by atoms with E-state index in [1.54, 1.807) is 23.9 Å². The summed E-state index contributed by atoms with van der Waals surface area (Å²) < 4.78 is 5.11. The number of benzene rings is 1. The number of aliphatic hydroxyl groups excluding tert-OH is 1. The van der Waals surface area contributed by atoms with Gasteiger partial charge in [-0.3, -0.25) is 0 Å². The number of furan rings is 1. The lowest BCUT2D eigenvalue weighted by atomic mass is 10.0. The van der Waals surface area contributed by atoms with E-state index in [1.165, 1.54) is 5.56 Å². The molecule has 0 aliphatic heterocycles. The second kappa shape index (κ2) is 8.06. The molecule has 4 nitrogen and oxygen atoms in total. The molecule has 0 saturated heterocycles. The largest absolute Gasteiger partial charge is 0.472 e. The molecule has 5 heteroatoms. The van der Waals surface area contributed by atoms with E-state index in [-0.39, 0.29) is 12.6 Å². The molecule has 120 valence electrons. The Balaban J connectivity index is 1.64. The van der Waals surface area contributed by atoms with Gasteiger partial charge in [0.25, 0.3) is 0 Å². The highest BCUT2D eigenvalue weighted by molar-refractivity contribution is 7.13. The normalized spacial score (nSPS) is 12.4. The molecule has 2 heterocycles. The molecule has 2 N–H and O–H groups in total. The van der Waals surface area contributed by atoms with E-state index < -0.39 is 0 Å². The summed E-state index contributed by atoms with van der Waals surface area (Å²) in [7, 11) is 0. The number of aromatic nitrogens is 1. The number of hydrogen-bond donors (Lipinski definition) is 2. The van der Waals surface area contributed by atoms with Crippen LogP contribution in [0.2, 0.25) is 0 Å². The molecule has 0 fully saturated rings. The van der Waals surface area contributed by atoms with E-state index in [1.807, 2.05) is 24.3 Å². The summed E-state index contributed by atoms with van der Waals surface area (Å²) in [5.74, 6) is 0. The molecule has 2 aromatic heterocycles. The van der Waals surface area contributed by atoms with Crippen molar-refractivity contribution in [1.29, 1.82) is 0 Å². The van der Waals surface area contributed by atoms with E-state index in [0.29, 0.717) is 6.54 Å². The molecule has 0 amide bonds. The van der Waals surface area contributed by atoms with Crippen molar-refractivity contribution >= 4 is 11.3 Å². The minimum absolute atomic E-state index is 0.215. The fourth-order valence-electron chi connectivity index (χ4n) is 2.50. The number of thiazole rings is 1. The zero-order valence-electron chi connectivity index (χ0n) is 12.8. The highest BCUT2D eigenvalue weighted by atomic mass is 32.1. The number of nitrogens with one attached hydrogen (secondary N) is 1. The zero-order chi connectivity index (χ0) is 15.9. The van der Waals surface area contributed by atoms with Crippen molar-refractivity contribution in [2.75, 3.05) is 6.61 Å². The SMILES string of the molecule is OCCCC(NCc1csc(-c2ccoc2)n1)c1ccccc1. The molecule has 0 spiro atoms. The van der Waals surface area contributed by atoms with Crippen molar-refractivity contribution in [3.8, 4) is 10.6 Å². The van der Waals surface area contributed by atoms with Crippen molar-refractivity contribution in [3.63, 3.8) is 0 Å². The van der Waals surface area contributed by atoms with Crippen molar-refractivity contribution in [2.24, 2.45) is 0 Å². The van der Waals surface area contributed by atoms with Crippen LogP contribution < -0.4 is 5.32 Å². The molecule has 23 heavy (non-hydrogen) atoms. The van der Waals surface area contributed by atoms with Crippen LogP contribution in [0, 0.1) is 0 Å². The number of nitrogens with zero attached hydrogens (tertiary/aromatic N) is 1. The van der Waals surface area contributed by atoms with Crippen LogP contribution in [-0.4, -0.2) is 16.7 Å². The lowest BCUT2D eigenvalue weighted by Crippen LogP contribution is -2.21. The fraction of sp³-hybridized carbons (Fsp3) is 0.278. The molecule has 0 aliphatic carbocycles. The topological polar surface area (TPSA) is 58.3 Å². The van der Waals surface area contributed by atoms with E-state index in [9.17, 15) is 0 Å². The minimum Gasteiger partial charge on any atom is -0.472 e. The van der Waals surface area contributed by atoms with Crippen molar-refractivity contribution in [3.05, 3.63) is 65.6 Å². The van der Waals surface area contributed by atoms with Gasteiger partial charge in [-0.25, -0.2) is 4.98 Å². The van der Waals surface area contributed by atoms with Crippen LogP contribution in [0.5, 0.6) is 0 Å². The van der Waals surface area contributed by atoms with E-state index in [2.05, 4.69) is 27.8 Å². The Morgan fingerprint density at radius 1 is 1.22 bits per heavy atom. The molecule has 0 aliphatic rings. The molecule has 3 aromatic rings. The molecule has 1 unspecified atom stereocenters. The van der Waals surface area contributed by atoms with Crippen molar-refractivity contribution in [2.45, 2.75) is 25.4 Å². The molecule has 3 rings (SSSR count). The third-order valence-corrected chi connectivity index (χ3v) is 4.64. The summed E-state index contributed by atoms with van der Waals surface area (Å²) >= 11 is 1.62. The number of aliphatic hydroxyl groups is 1. The smallest absolute Gasteiger partial charge is 0.126 e. The van der Waals surface area contributed by atoms with E-state index >= 15 is 0 Å². The molecule has 0 radical (unpaired) electrons. The van der Waals surface area contributed by atoms with Crippen LogP contribution in [0.25, 0.3) is 10.6 Å². The Kier molecular flexibility index (Phi) is 5.58. The van der Waals surface area contributed by atoms with Crippen LogP contribution >= 0.6 is 11.3 Å². The first-order valence-corrected chi connectivity index (χ1v) is 8.61. The van der Waals surface area contributed by atoms with Gasteiger partial charge in [0, 0.05) is 30.1 Å². The number of rotatable bonds is 8. The maximum atomic E-state index is 9.11. The highest BCUT2D eigenvalue weighted by Gasteiger charge is 2.12. The summed E-state index contributed by atoms with van der Waals surface area (Å²) in [6.45, 7) is 0.922. The second-order valence-corrected chi connectivity index (χ2v) is 6.22. The molecule has 0 bridgehead atoms. The first-order valence-electron chi connectivity index (χ1n) is 7.73. The summed E-state index contributed by atoms with van der Waals surface area (Å²) in [5.41, 5.74) is 3.28. The maximum absolute atomic E-state index is 9.11. The molecule has 0 saturated carbocycles. The van der Waals surface area contributed by atoms with E-state index in [4.69, 9.17) is 9.52 Å². The van der Waals surface area contributed by atoms with Gasteiger partial charge in [0.1, 0.15) is 11.3 Å². The Morgan fingerprint density at radius 2 is 2.09 bits per heavy atom. The Bertz CT molecular complexity index is 695. The lowest BCUT2D eigenvalue weighted by molar-refractivity contribution is 0.275. The molecular formula is C18H20N2O2S. The van der Waals surface area contributed by atoms with Crippen molar-refractivity contribution in [1.82, 2.24) is 10.3 Å². The van der Waals surface area contributed by atoms with Crippen LogP contribution in [0.15, 0.2) is 58.7 Å². The maximum Gasteiger partial charge on any atom is 0.126 e. The van der Waals surface area contributed by atoms with Gasteiger partial charge in [0.15, 0.2) is 0 Å². The fourth-order valence-corrected chi connectivity index (χ4v) is 3.31. The summed E-state index contributed by atoms with van der Waals surface area (Å²) in [4.78, 5) is 4.65. The standard InChI is InChI=1S/C18H20N2O2S/c21-9-4-7-17(14-5-2-1-3-6-14)19-11-16-13-23-18(20-16)15-8-10-22-12-15/h1-3,5-6,8,10,12-13,17,19,21H,4,7,9,11H2. The Morgan fingerprint density at radius 3 is 2.83 bits per heavy atom. The van der Waals surface area contributed by atoms with Gasteiger partial charge >= 0.3 is 0 Å². The molecule has 1 atom stereocenters. The first kappa shape index (κ1) is 15.9. The molecular weight excluding hydrogens is 308 g/mol. The average Bonchev–Trinajstić information content (AvgIpc) is 3.27. The van der Waals surface area contributed by atoms with Gasteiger partial charge in [0.2, 0.25) is 0 Å². The predicted molar refractivity (Wildman–Crippen MR) is 92.2 cm³/mol. The summed E-state index contributed by atoms with van der Waals surface area (Å²) in [6, 6.07) is 12.5. The van der Waals surface area contributed by atoms with Gasteiger partial charge in [-0.1, -0.05) is 30.3 Å². The monoisotopic (exact) mass is 328 g/mol. The van der Waals surface area contributed by atoms with Gasteiger partial charge in [0.05, 0.1) is 12.0 Å². The highest BCUT2D eigenvalue weighted by Crippen LogP contribution is 2.25. The third kappa shape index (κ3) is 4.28. The number of hydrogen-bond acceptors (Lipinski definition) is 5. The van der Waals surface area contributed by atoms with Crippen LogP contribution in [0.3, 0.4) is 0 Å². The quantitative estimate of drug-likeness (QED) is 0.656. The Labute approximate surface area is 139 Å². The molecule has 1 aromatic carbocycles. The van der Waals surface area contributed by atoms with Crippen LogP contribution in [-0.2, 0) is 6.54 Å². The van der Waals surface area contributed by atoms with Gasteiger partial charge < -0.3 is 14.8 Å². The van der Waals surface area contributed by atoms with Gasteiger partial charge in [-0.15, -0.1) is 11.3 Å². The van der Waals surface area contributed by atoms with Crippen molar-refractivity contribution < 1.29 is 9.52 Å². The van der Waals surface area contributed by atoms with E-state index in [0.717, 1.165) is 29.1 Å². The van der Waals surface area contributed by atoms with Gasteiger partial charge in [-0.05, 0) is 24.5 Å². The first-order chi connectivity index (χ1) is 11.4. The van der Waals surface area contributed by atoms with Crippen LogP contribution in [0.1, 0.15) is 30.1 Å². The lowest BCUT2D eigenvalue weighted by Gasteiger charge is -2.18. The summed E-state index contributed by atoms with van der Waals surface area (Å²) in [5, 5.41) is 15.7. The average molecular weight is 328 g/mol.